The predicted molar refractivity (Wildman–Crippen MR) is 74.1 cm³/mol. The summed E-state index contributed by atoms with van der Waals surface area (Å²) in [4.78, 5) is 8.12. The van der Waals surface area contributed by atoms with Crippen molar-refractivity contribution in [2.75, 3.05) is 0 Å². The quantitative estimate of drug-likeness (QED) is 0.807. The van der Waals surface area contributed by atoms with Gasteiger partial charge in [-0.15, -0.1) is 24.0 Å². The summed E-state index contributed by atoms with van der Waals surface area (Å²) in [6.07, 6.45) is 5.24. The van der Waals surface area contributed by atoms with Gasteiger partial charge in [0, 0.05) is 11.8 Å². The molecular weight excluding hydrogens is 255 g/mol. The molecule has 0 spiro atoms. The Labute approximate surface area is 112 Å². The Balaban J connectivity index is 0.00000108. The molecule has 1 aromatic heterocycles. The van der Waals surface area contributed by atoms with Gasteiger partial charge in [0.2, 0.25) is 0 Å². The highest BCUT2D eigenvalue weighted by molar-refractivity contribution is 6.17. The van der Waals surface area contributed by atoms with Crippen LogP contribution >= 0.6 is 24.0 Å². The monoisotopic (exact) mass is 270 g/mol. The highest BCUT2D eigenvalue weighted by Gasteiger charge is 2.20. The maximum atomic E-state index is 5.82. The zero-order valence-corrected chi connectivity index (χ0v) is 11.2. The molecule has 1 aliphatic rings. The van der Waals surface area contributed by atoms with Gasteiger partial charge in [-0.25, -0.2) is 4.98 Å². The average molecular weight is 271 g/mol. The van der Waals surface area contributed by atoms with Gasteiger partial charge in [-0.1, -0.05) is 18.9 Å². The molecule has 1 heterocycles. The molecule has 1 N–H and O–H groups in total. The maximum absolute atomic E-state index is 5.82. The van der Waals surface area contributed by atoms with Crippen molar-refractivity contribution in [3.05, 3.63) is 29.6 Å². The van der Waals surface area contributed by atoms with Gasteiger partial charge in [0.15, 0.2) is 0 Å². The molecule has 92 valence electrons. The molecule has 4 heteroatoms. The van der Waals surface area contributed by atoms with E-state index in [0.717, 1.165) is 16.6 Å². The molecule has 0 amide bonds. The second kappa shape index (κ2) is 5.28. The second-order valence-electron chi connectivity index (χ2n) is 4.59. The predicted octanol–water partition coefficient (Wildman–Crippen LogP) is 4.38. The number of imidazole rings is 1. The lowest BCUT2D eigenvalue weighted by Crippen LogP contribution is -1.93. The van der Waals surface area contributed by atoms with Gasteiger partial charge >= 0.3 is 0 Å². The van der Waals surface area contributed by atoms with Crippen molar-refractivity contribution in [1.82, 2.24) is 9.97 Å². The van der Waals surface area contributed by atoms with E-state index in [1.54, 1.807) is 0 Å². The number of aromatic amines is 1. The third kappa shape index (κ3) is 2.43. The molecule has 0 bridgehead atoms. The fourth-order valence-corrected chi connectivity index (χ4v) is 2.71. The van der Waals surface area contributed by atoms with Crippen molar-refractivity contribution in [2.45, 2.75) is 37.5 Å². The lowest BCUT2D eigenvalue weighted by molar-refractivity contribution is 0.681. The zero-order chi connectivity index (χ0) is 11.0. The summed E-state index contributed by atoms with van der Waals surface area (Å²) in [5.74, 6) is 2.37. The van der Waals surface area contributed by atoms with E-state index in [9.17, 15) is 0 Å². The van der Waals surface area contributed by atoms with E-state index in [-0.39, 0.29) is 12.4 Å². The van der Waals surface area contributed by atoms with Gasteiger partial charge in [-0.3, -0.25) is 0 Å². The van der Waals surface area contributed by atoms with E-state index in [2.05, 4.69) is 28.2 Å². The number of nitrogens with one attached hydrogen (secondary N) is 1. The van der Waals surface area contributed by atoms with Gasteiger partial charge < -0.3 is 4.98 Å². The second-order valence-corrected chi connectivity index (χ2v) is 4.86. The smallest absolute Gasteiger partial charge is 0.110 e. The average Bonchev–Trinajstić information content (AvgIpc) is 2.96. The molecule has 3 rings (SSSR count). The van der Waals surface area contributed by atoms with Gasteiger partial charge in [0.1, 0.15) is 5.82 Å². The van der Waals surface area contributed by atoms with Crippen LogP contribution in [0, 0.1) is 0 Å². The van der Waals surface area contributed by atoms with Crippen molar-refractivity contribution < 1.29 is 0 Å². The first-order valence-electron chi connectivity index (χ1n) is 5.91. The van der Waals surface area contributed by atoms with Crippen LogP contribution in [0.15, 0.2) is 18.2 Å². The number of H-pyrrole nitrogens is 1. The number of hydrogen-bond donors (Lipinski definition) is 1. The fourth-order valence-electron chi connectivity index (χ4n) is 2.55. The van der Waals surface area contributed by atoms with Gasteiger partial charge in [0.25, 0.3) is 0 Å². The number of aromatic nitrogens is 2. The van der Waals surface area contributed by atoms with E-state index in [1.807, 2.05) is 0 Å². The van der Waals surface area contributed by atoms with Crippen LogP contribution in [0.1, 0.15) is 43.0 Å². The molecule has 0 saturated heterocycles. The van der Waals surface area contributed by atoms with Crippen LogP contribution in [0.5, 0.6) is 0 Å². The largest absolute Gasteiger partial charge is 0.342 e. The number of nitrogens with zero attached hydrogens (tertiary/aromatic N) is 1. The topological polar surface area (TPSA) is 28.7 Å². The molecule has 0 unspecified atom stereocenters. The number of rotatable bonds is 2. The summed E-state index contributed by atoms with van der Waals surface area (Å²) in [7, 11) is 0. The Bertz CT molecular complexity index is 501. The SMILES string of the molecule is Cl.ClCc1ccc2[nH]c(C3CCCC3)nc2c1. The molecule has 2 aromatic rings. The van der Waals surface area contributed by atoms with Crippen LogP contribution < -0.4 is 0 Å². The van der Waals surface area contributed by atoms with Crippen molar-refractivity contribution in [3.8, 4) is 0 Å². The van der Waals surface area contributed by atoms with Crippen LogP contribution in [-0.4, -0.2) is 9.97 Å². The Kier molecular flexibility index (Phi) is 3.95. The molecule has 2 nitrogen and oxygen atoms in total. The minimum absolute atomic E-state index is 0. The summed E-state index contributed by atoms with van der Waals surface area (Å²) in [5, 5.41) is 0. The van der Waals surface area contributed by atoms with Crippen molar-refractivity contribution >= 4 is 35.0 Å². The lowest BCUT2D eigenvalue weighted by Gasteiger charge is -2.02. The van der Waals surface area contributed by atoms with E-state index < -0.39 is 0 Å². The fraction of sp³-hybridized carbons (Fsp3) is 0.462. The minimum atomic E-state index is 0. The van der Waals surface area contributed by atoms with E-state index in [0.29, 0.717) is 11.8 Å². The van der Waals surface area contributed by atoms with Gasteiger partial charge in [-0.2, -0.15) is 0 Å². The lowest BCUT2D eigenvalue weighted by atomic mass is 10.1. The molecule has 0 atom stereocenters. The van der Waals surface area contributed by atoms with E-state index in [1.165, 1.54) is 31.5 Å². The summed E-state index contributed by atoms with van der Waals surface area (Å²) < 4.78 is 0. The molecule has 1 fully saturated rings. The minimum Gasteiger partial charge on any atom is -0.342 e. The van der Waals surface area contributed by atoms with Crippen LogP contribution in [0.25, 0.3) is 11.0 Å². The van der Waals surface area contributed by atoms with Crippen LogP contribution in [0.4, 0.5) is 0 Å². The van der Waals surface area contributed by atoms with E-state index in [4.69, 9.17) is 11.6 Å². The third-order valence-corrected chi connectivity index (χ3v) is 3.77. The first kappa shape index (κ1) is 12.7. The first-order valence-corrected chi connectivity index (χ1v) is 6.45. The molecular formula is C13H16Cl2N2. The molecule has 1 aliphatic carbocycles. The Morgan fingerprint density at radius 2 is 2.06 bits per heavy atom. The summed E-state index contributed by atoms with van der Waals surface area (Å²) in [6, 6.07) is 6.22. The van der Waals surface area contributed by atoms with Crippen LogP contribution in [0.2, 0.25) is 0 Å². The molecule has 17 heavy (non-hydrogen) atoms. The number of fused-ring (bicyclic) bond motifs is 1. The van der Waals surface area contributed by atoms with Crippen molar-refractivity contribution in [1.29, 1.82) is 0 Å². The molecule has 1 saturated carbocycles. The normalized spacial score (nSPS) is 16.3. The zero-order valence-electron chi connectivity index (χ0n) is 9.58. The Morgan fingerprint density at radius 1 is 1.29 bits per heavy atom. The summed E-state index contributed by atoms with van der Waals surface area (Å²) >= 11 is 5.82. The number of alkyl halides is 1. The number of benzene rings is 1. The highest BCUT2D eigenvalue weighted by Crippen LogP contribution is 2.33. The van der Waals surface area contributed by atoms with Crippen LogP contribution in [0.3, 0.4) is 0 Å². The third-order valence-electron chi connectivity index (χ3n) is 3.46. The Morgan fingerprint density at radius 3 is 2.76 bits per heavy atom. The molecule has 0 radical (unpaired) electrons. The molecule has 1 aromatic carbocycles. The van der Waals surface area contributed by atoms with Gasteiger partial charge in [-0.05, 0) is 30.5 Å². The molecule has 0 aliphatic heterocycles. The Hall–Kier alpha value is -0.730. The van der Waals surface area contributed by atoms with E-state index >= 15 is 0 Å². The standard InChI is InChI=1S/C13H15ClN2.ClH/c14-8-9-5-6-11-12(7-9)16-13(15-11)10-3-1-2-4-10;/h5-7,10H,1-4,8H2,(H,15,16);1H. The maximum Gasteiger partial charge on any atom is 0.110 e. The van der Waals surface area contributed by atoms with Crippen LogP contribution in [-0.2, 0) is 5.88 Å². The first-order chi connectivity index (χ1) is 7.86. The van der Waals surface area contributed by atoms with Gasteiger partial charge in [0.05, 0.1) is 11.0 Å². The highest BCUT2D eigenvalue weighted by atomic mass is 35.5. The number of hydrogen-bond acceptors (Lipinski definition) is 1. The number of halogens is 2. The summed E-state index contributed by atoms with van der Waals surface area (Å²) in [5.41, 5.74) is 3.33. The van der Waals surface area contributed by atoms with Crippen molar-refractivity contribution in [3.63, 3.8) is 0 Å². The van der Waals surface area contributed by atoms with Crippen molar-refractivity contribution in [2.24, 2.45) is 0 Å². The summed E-state index contributed by atoms with van der Waals surface area (Å²) in [6.45, 7) is 0.